The molecule has 1 aromatic heterocycles. The van der Waals surface area contributed by atoms with E-state index in [4.69, 9.17) is 0 Å². The van der Waals surface area contributed by atoms with Crippen molar-refractivity contribution in [2.75, 3.05) is 20.1 Å². The van der Waals surface area contributed by atoms with E-state index < -0.39 is 0 Å². The van der Waals surface area contributed by atoms with Crippen LogP contribution in [0.3, 0.4) is 0 Å². The highest BCUT2D eigenvalue weighted by Gasteiger charge is 2.49. The van der Waals surface area contributed by atoms with E-state index >= 15 is 0 Å². The highest BCUT2D eigenvalue weighted by Crippen LogP contribution is 2.37. The van der Waals surface area contributed by atoms with Crippen molar-refractivity contribution in [2.24, 2.45) is 5.92 Å². The van der Waals surface area contributed by atoms with Crippen molar-refractivity contribution in [1.82, 2.24) is 15.1 Å². The average molecular weight is 307 g/mol. The molecular formula is C16H25N3OS. The molecule has 0 spiro atoms. The molecule has 2 aliphatic rings. The van der Waals surface area contributed by atoms with Crippen LogP contribution in [0.5, 0.6) is 0 Å². The van der Waals surface area contributed by atoms with Gasteiger partial charge < -0.3 is 5.32 Å². The zero-order chi connectivity index (χ0) is 15.0. The minimum Gasteiger partial charge on any atom is -0.358 e. The Balaban J connectivity index is 1.69. The van der Waals surface area contributed by atoms with Gasteiger partial charge in [0.25, 0.3) is 0 Å². The topological polar surface area (TPSA) is 35.6 Å². The third-order valence-corrected chi connectivity index (χ3v) is 5.61. The summed E-state index contributed by atoms with van der Waals surface area (Å²) in [6.45, 7) is 7.68. The zero-order valence-corrected chi connectivity index (χ0v) is 13.9. The largest absolute Gasteiger partial charge is 0.358 e. The van der Waals surface area contributed by atoms with Gasteiger partial charge in [-0.05, 0) is 48.6 Å². The zero-order valence-electron chi connectivity index (χ0n) is 13.1. The molecule has 0 bridgehead atoms. The van der Waals surface area contributed by atoms with Gasteiger partial charge in [0, 0.05) is 38.8 Å². The third-order valence-electron chi connectivity index (χ3n) is 4.88. The molecule has 2 fully saturated rings. The van der Waals surface area contributed by atoms with Crippen LogP contribution in [0.1, 0.15) is 25.8 Å². The SMILES string of the molecule is CNC(=O)[C@H]1C[C@@H]2CN(Cc3ccsc3)C[C@@H]2N1C(C)C. The number of amides is 1. The molecule has 2 saturated heterocycles. The lowest BCUT2D eigenvalue weighted by Gasteiger charge is -2.33. The summed E-state index contributed by atoms with van der Waals surface area (Å²) in [4.78, 5) is 17.1. The monoisotopic (exact) mass is 307 g/mol. The fraction of sp³-hybridized carbons (Fsp3) is 0.688. The first-order chi connectivity index (χ1) is 10.1. The van der Waals surface area contributed by atoms with E-state index in [-0.39, 0.29) is 11.9 Å². The van der Waals surface area contributed by atoms with Gasteiger partial charge in [-0.1, -0.05) is 0 Å². The fourth-order valence-corrected chi connectivity index (χ4v) is 4.73. The van der Waals surface area contributed by atoms with E-state index in [1.807, 2.05) is 0 Å². The summed E-state index contributed by atoms with van der Waals surface area (Å²) < 4.78 is 0. The minimum atomic E-state index is 0.0632. The minimum absolute atomic E-state index is 0.0632. The predicted octanol–water partition coefficient (Wildman–Crippen LogP) is 1.78. The van der Waals surface area contributed by atoms with E-state index in [0.717, 1.165) is 26.1 Å². The van der Waals surface area contributed by atoms with Gasteiger partial charge in [0.1, 0.15) is 0 Å². The molecule has 0 radical (unpaired) electrons. The number of likely N-dealkylation sites (tertiary alicyclic amines) is 2. The molecule has 1 aromatic rings. The summed E-state index contributed by atoms with van der Waals surface area (Å²) in [6, 6.07) is 3.23. The molecule has 0 saturated carbocycles. The maximum atomic E-state index is 12.1. The quantitative estimate of drug-likeness (QED) is 0.921. The molecule has 3 heterocycles. The molecular weight excluding hydrogens is 282 g/mol. The van der Waals surface area contributed by atoms with Crippen LogP contribution in [0, 0.1) is 5.92 Å². The fourth-order valence-electron chi connectivity index (χ4n) is 4.07. The summed E-state index contributed by atoms with van der Waals surface area (Å²) in [5, 5.41) is 7.22. The number of carbonyl (C=O) groups is 1. The van der Waals surface area contributed by atoms with Gasteiger partial charge in [0.05, 0.1) is 6.04 Å². The smallest absolute Gasteiger partial charge is 0.237 e. The molecule has 1 amide bonds. The van der Waals surface area contributed by atoms with Crippen LogP contribution in [-0.2, 0) is 11.3 Å². The Kier molecular flexibility index (Phi) is 4.33. The molecule has 1 N–H and O–H groups in total. The van der Waals surface area contributed by atoms with E-state index in [1.165, 1.54) is 5.56 Å². The second kappa shape index (κ2) is 6.07. The van der Waals surface area contributed by atoms with Gasteiger partial charge in [-0.15, -0.1) is 0 Å². The Morgan fingerprint density at radius 2 is 2.29 bits per heavy atom. The number of carbonyl (C=O) groups excluding carboxylic acids is 1. The number of likely N-dealkylation sites (N-methyl/N-ethyl adjacent to an activating group) is 1. The van der Waals surface area contributed by atoms with E-state index in [0.29, 0.717) is 18.0 Å². The molecule has 116 valence electrons. The van der Waals surface area contributed by atoms with Gasteiger partial charge in [0.2, 0.25) is 5.91 Å². The number of nitrogens with one attached hydrogen (secondary N) is 1. The van der Waals surface area contributed by atoms with E-state index in [2.05, 4.69) is 45.8 Å². The summed E-state index contributed by atoms with van der Waals surface area (Å²) in [5.74, 6) is 0.816. The molecule has 0 unspecified atom stereocenters. The summed E-state index contributed by atoms with van der Waals surface area (Å²) in [7, 11) is 1.75. The number of thiophene rings is 1. The lowest BCUT2D eigenvalue weighted by Crippen LogP contribution is -2.50. The van der Waals surface area contributed by atoms with Crippen LogP contribution < -0.4 is 5.32 Å². The molecule has 21 heavy (non-hydrogen) atoms. The number of rotatable bonds is 4. The summed E-state index contributed by atoms with van der Waals surface area (Å²) in [5.41, 5.74) is 1.42. The molecule has 3 rings (SSSR count). The number of fused-ring (bicyclic) bond motifs is 1. The third kappa shape index (κ3) is 2.87. The lowest BCUT2D eigenvalue weighted by molar-refractivity contribution is -0.126. The van der Waals surface area contributed by atoms with Crippen LogP contribution in [0.25, 0.3) is 0 Å². The molecule has 0 aromatic carbocycles. The van der Waals surface area contributed by atoms with Crippen molar-refractivity contribution in [1.29, 1.82) is 0 Å². The van der Waals surface area contributed by atoms with Crippen LogP contribution in [0.15, 0.2) is 16.8 Å². The van der Waals surface area contributed by atoms with Crippen LogP contribution in [-0.4, -0.2) is 54.0 Å². The van der Waals surface area contributed by atoms with Crippen molar-refractivity contribution in [2.45, 2.75) is 44.9 Å². The standard InChI is InChI=1S/C16H25N3OS/c1-11(2)19-14(16(20)17-3)6-13-8-18(9-15(13)19)7-12-4-5-21-10-12/h4-5,10-11,13-15H,6-9H2,1-3H3,(H,17,20)/t13-,14-,15+/m1/s1. The van der Waals surface area contributed by atoms with E-state index in [9.17, 15) is 4.79 Å². The van der Waals surface area contributed by atoms with Gasteiger partial charge in [-0.2, -0.15) is 11.3 Å². The summed E-state index contributed by atoms with van der Waals surface area (Å²) in [6.07, 6.45) is 1.00. The average Bonchev–Trinajstić information content (AvgIpc) is 3.12. The van der Waals surface area contributed by atoms with Gasteiger partial charge in [-0.25, -0.2) is 0 Å². The van der Waals surface area contributed by atoms with Crippen molar-refractivity contribution in [3.8, 4) is 0 Å². The number of hydrogen-bond donors (Lipinski definition) is 1. The maximum absolute atomic E-state index is 12.1. The molecule has 2 aliphatic heterocycles. The van der Waals surface area contributed by atoms with E-state index in [1.54, 1.807) is 18.4 Å². The molecule has 5 heteroatoms. The Hall–Kier alpha value is -0.910. The van der Waals surface area contributed by atoms with Gasteiger partial charge >= 0.3 is 0 Å². The van der Waals surface area contributed by atoms with Crippen molar-refractivity contribution in [3.63, 3.8) is 0 Å². The Bertz CT molecular complexity index is 488. The Morgan fingerprint density at radius 3 is 2.90 bits per heavy atom. The van der Waals surface area contributed by atoms with Crippen molar-refractivity contribution < 1.29 is 4.79 Å². The maximum Gasteiger partial charge on any atom is 0.237 e. The second-order valence-corrected chi connectivity index (χ2v) is 7.34. The number of hydrogen-bond acceptors (Lipinski definition) is 4. The predicted molar refractivity (Wildman–Crippen MR) is 86.3 cm³/mol. The molecule has 4 nitrogen and oxygen atoms in total. The normalized spacial score (nSPS) is 30.0. The van der Waals surface area contributed by atoms with Gasteiger partial charge in [-0.3, -0.25) is 14.6 Å². The Labute approximate surface area is 131 Å². The first-order valence-corrected chi connectivity index (χ1v) is 8.77. The highest BCUT2D eigenvalue weighted by molar-refractivity contribution is 7.07. The Morgan fingerprint density at radius 1 is 1.48 bits per heavy atom. The molecule has 0 aliphatic carbocycles. The first-order valence-electron chi connectivity index (χ1n) is 7.82. The lowest BCUT2D eigenvalue weighted by atomic mass is 10.0. The molecule has 3 atom stereocenters. The second-order valence-electron chi connectivity index (χ2n) is 6.56. The highest BCUT2D eigenvalue weighted by atomic mass is 32.1. The first kappa shape index (κ1) is 15.0. The van der Waals surface area contributed by atoms with Crippen LogP contribution in [0.4, 0.5) is 0 Å². The van der Waals surface area contributed by atoms with Crippen LogP contribution >= 0.6 is 11.3 Å². The van der Waals surface area contributed by atoms with Crippen molar-refractivity contribution in [3.05, 3.63) is 22.4 Å². The van der Waals surface area contributed by atoms with Gasteiger partial charge in [0.15, 0.2) is 0 Å². The van der Waals surface area contributed by atoms with Crippen molar-refractivity contribution >= 4 is 17.2 Å². The van der Waals surface area contributed by atoms with Crippen LogP contribution in [0.2, 0.25) is 0 Å². The summed E-state index contributed by atoms with van der Waals surface area (Å²) >= 11 is 1.77. The number of nitrogens with zero attached hydrogens (tertiary/aromatic N) is 2.